The molecule has 0 unspecified atom stereocenters. The van der Waals surface area contributed by atoms with Crippen molar-refractivity contribution in [1.82, 2.24) is 15.0 Å². The van der Waals surface area contributed by atoms with Crippen molar-refractivity contribution in [1.29, 1.82) is 0 Å². The topological polar surface area (TPSA) is 84.9 Å². The number of nitrogens with one attached hydrogen (secondary N) is 1. The highest BCUT2D eigenvalue weighted by molar-refractivity contribution is 7.14. The van der Waals surface area contributed by atoms with Crippen LogP contribution < -0.4 is 5.56 Å². The van der Waals surface area contributed by atoms with Gasteiger partial charge in [0.05, 0.1) is 21.6 Å². The molecule has 0 radical (unpaired) electrons. The highest BCUT2D eigenvalue weighted by atomic mass is 32.1. The molecule has 0 fully saturated rings. The Hall–Kier alpha value is -3.32. The summed E-state index contributed by atoms with van der Waals surface area (Å²) < 4.78 is 5.43. The molecule has 2 aromatic carbocycles. The van der Waals surface area contributed by atoms with Crippen LogP contribution in [0.25, 0.3) is 22.2 Å². The third-order valence-corrected chi connectivity index (χ3v) is 5.24. The number of nitrogens with zero attached hydrogens (tertiary/aromatic N) is 2. The van der Waals surface area contributed by atoms with Crippen LogP contribution in [0, 0.1) is 13.8 Å². The minimum Gasteiger partial charge on any atom is -0.453 e. The molecule has 0 saturated carbocycles. The fourth-order valence-corrected chi connectivity index (χ4v) is 3.81. The van der Waals surface area contributed by atoms with E-state index in [0.29, 0.717) is 27.3 Å². The van der Waals surface area contributed by atoms with Crippen molar-refractivity contribution in [3.63, 3.8) is 0 Å². The molecule has 0 bridgehead atoms. The molecule has 0 aliphatic carbocycles. The quantitative estimate of drug-likeness (QED) is 0.531. The summed E-state index contributed by atoms with van der Waals surface area (Å²) in [6.45, 7) is 3.61. The smallest absolute Gasteiger partial charge is 0.351 e. The Morgan fingerprint density at radius 2 is 1.86 bits per heavy atom. The van der Waals surface area contributed by atoms with Crippen molar-refractivity contribution in [3.05, 3.63) is 80.2 Å². The van der Waals surface area contributed by atoms with Gasteiger partial charge in [-0.2, -0.15) is 0 Å². The maximum Gasteiger partial charge on any atom is 0.351 e. The van der Waals surface area contributed by atoms with Gasteiger partial charge < -0.3 is 9.72 Å². The molecule has 0 saturated heterocycles. The number of benzene rings is 2. The number of rotatable bonds is 4. The molecule has 0 spiro atoms. The second-order valence-electron chi connectivity index (χ2n) is 6.34. The Morgan fingerprint density at radius 1 is 1.07 bits per heavy atom. The third kappa shape index (κ3) is 3.44. The summed E-state index contributed by atoms with van der Waals surface area (Å²) in [6, 6.07) is 14.9. The van der Waals surface area contributed by atoms with Gasteiger partial charge in [0.2, 0.25) is 0 Å². The van der Waals surface area contributed by atoms with Crippen LogP contribution in [0.15, 0.2) is 53.3 Å². The van der Waals surface area contributed by atoms with Gasteiger partial charge in [-0.05, 0) is 25.5 Å². The number of ether oxygens (including phenoxy) is 1. The summed E-state index contributed by atoms with van der Waals surface area (Å²) in [6.07, 6.45) is 0. The predicted molar refractivity (Wildman–Crippen MR) is 109 cm³/mol. The first-order valence-corrected chi connectivity index (χ1v) is 9.53. The Bertz CT molecular complexity index is 1230. The van der Waals surface area contributed by atoms with E-state index in [1.807, 2.05) is 56.3 Å². The van der Waals surface area contributed by atoms with Crippen LogP contribution in [0.4, 0.5) is 0 Å². The number of fused-ring (bicyclic) bond motifs is 1. The third-order valence-electron chi connectivity index (χ3n) is 4.29. The van der Waals surface area contributed by atoms with Gasteiger partial charge in [0.15, 0.2) is 0 Å². The van der Waals surface area contributed by atoms with Gasteiger partial charge >= 0.3 is 5.97 Å². The van der Waals surface area contributed by atoms with E-state index in [0.717, 1.165) is 16.1 Å². The summed E-state index contributed by atoms with van der Waals surface area (Å²) >= 11 is 1.28. The van der Waals surface area contributed by atoms with Crippen LogP contribution in [0.5, 0.6) is 0 Å². The van der Waals surface area contributed by atoms with Gasteiger partial charge in [-0.15, -0.1) is 11.3 Å². The number of aryl methyl sites for hydroxylation is 2. The number of aromatic amines is 1. The van der Waals surface area contributed by atoms with Crippen LogP contribution in [0.1, 0.15) is 26.1 Å². The van der Waals surface area contributed by atoms with Crippen LogP contribution >= 0.6 is 11.3 Å². The largest absolute Gasteiger partial charge is 0.453 e. The van der Waals surface area contributed by atoms with E-state index in [4.69, 9.17) is 4.74 Å². The lowest BCUT2D eigenvalue weighted by Gasteiger charge is -2.07. The number of hydrogen-bond donors (Lipinski definition) is 1. The number of hydrogen-bond acceptors (Lipinski definition) is 6. The van der Waals surface area contributed by atoms with Gasteiger partial charge in [0.1, 0.15) is 17.3 Å². The molecule has 7 heteroatoms. The Kier molecular flexibility index (Phi) is 4.75. The number of thiazole rings is 1. The predicted octanol–water partition coefficient (Wildman–Crippen LogP) is 4.02. The molecule has 28 heavy (non-hydrogen) atoms. The molecule has 0 aliphatic heterocycles. The van der Waals surface area contributed by atoms with E-state index < -0.39 is 5.97 Å². The van der Waals surface area contributed by atoms with Gasteiger partial charge in [-0.25, -0.2) is 14.8 Å². The molecule has 6 nitrogen and oxygen atoms in total. The maximum atomic E-state index is 12.7. The number of carbonyl (C=O) groups excluding carboxylic acids is 1. The molecule has 0 atom stereocenters. The van der Waals surface area contributed by atoms with E-state index >= 15 is 0 Å². The molecule has 0 aliphatic rings. The molecule has 2 heterocycles. The summed E-state index contributed by atoms with van der Waals surface area (Å²) in [5.74, 6) is -0.181. The fraction of sp³-hybridized carbons (Fsp3) is 0.143. The van der Waals surface area contributed by atoms with Crippen molar-refractivity contribution >= 4 is 28.2 Å². The summed E-state index contributed by atoms with van der Waals surface area (Å²) in [4.78, 5) is 37.0. The van der Waals surface area contributed by atoms with Crippen molar-refractivity contribution in [2.45, 2.75) is 20.5 Å². The van der Waals surface area contributed by atoms with E-state index in [1.54, 1.807) is 6.07 Å². The second-order valence-corrected chi connectivity index (χ2v) is 7.54. The van der Waals surface area contributed by atoms with E-state index in [9.17, 15) is 9.59 Å². The number of esters is 1. The Labute approximate surface area is 164 Å². The fourth-order valence-electron chi connectivity index (χ4n) is 2.98. The monoisotopic (exact) mass is 391 g/mol. The zero-order chi connectivity index (χ0) is 19.7. The molecule has 0 amide bonds. The lowest BCUT2D eigenvalue weighted by Crippen LogP contribution is -2.15. The summed E-state index contributed by atoms with van der Waals surface area (Å²) in [7, 11) is 0. The Balaban J connectivity index is 1.60. The summed E-state index contributed by atoms with van der Waals surface area (Å²) in [5.41, 5.74) is 2.70. The first-order valence-electron chi connectivity index (χ1n) is 8.71. The van der Waals surface area contributed by atoms with Crippen molar-refractivity contribution < 1.29 is 9.53 Å². The lowest BCUT2D eigenvalue weighted by molar-refractivity contribution is 0.0469. The van der Waals surface area contributed by atoms with Crippen LogP contribution in [0.3, 0.4) is 0 Å². The molecular formula is C21H17N3O3S. The normalized spacial score (nSPS) is 10.9. The lowest BCUT2D eigenvalue weighted by atomic mass is 10.1. The Morgan fingerprint density at radius 3 is 2.64 bits per heavy atom. The molecule has 1 N–H and O–H groups in total. The minimum atomic E-state index is -0.489. The molecule has 4 rings (SSSR count). The van der Waals surface area contributed by atoms with Gasteiger partial charge in [0, 0.05) is 5.56 Å². The molecule has 140 valence electrons. The van der Waals surface area contributed by atoms with Gasteiger partial charge in [0.25, 0.3) is 5.56 Å². The van der Waals surface area contributed by atoms with Crippen LogP contribution in [0.2, 0.25) is 0 Å². The first-order chi connectivity index (χ1) is 13.5. The van der Waals surface area contributed by atoms with Crippen molar-refractivity contribution in [2.24, 2.45) is 0 Å². The number of para-hydroxylation sites is 1. The molecular weight excluding hydrogens is 374 g/mol. The number of H-pyrrole nitrogens is 1. The molecule has 4 aromatic rings. The highest BCUT2D eigenvalue weighted by Crippen LogP contribution is 2.28. The standard InChI is InChI=1S/C21H17N3O3S/c1-12-7-6-10-15-17(12)23-16(24-20(15)25)11-27-21(26)19-18(22-13(2)28-19)14-8-4-3-5-9-14/h3-10H,11H2,1-2H3,(H,23,24,25). The van der Waals surface area contributed by atoms with Crippen molar-refractivity contribution in [3.8, 4) is 11.3 Å². The second kappa shape index (κ2) is 7.36. The van der Waals surface area contributed by atoms with Crippen LogP contribution in [-0.4, -0.2) is 20.9 Å². The SMILES string of the molecule is Cc1nc(-c2ccccc2)c(C(=O)OCc2nc3c(C)cccc3c(=O)[nH]2)s1. The zero-order valence-corrected chi connectivity index (χ0v) is 16.2. The van der Waals surface area contributed by atoms with Gasteiger partial charge in [-0.3, -0.25) is 4.79 Å². The van der Waals surface area contributed by atoms with Crippen molar-refractivity contribution in [2.75, 3.05) is 0 Å². The molecule has 2 aromatic heterocycles. The number of aromatic nitrogens is 3. The van der Waals surface area contributed by atoms with Gasteiger partial charge in [-0.1, -0.05) is 42.5 Å². The van der Waals surface area contributed by atoms with E-state index in [1.165, 1.54) is 11.3 Å². The highest BCUT2D eigenvalue weighted by Gasteiger charge is 2.20. The average Bonchev–Trinajstić information content (AvgIpc) is 3.09. The zero-order valence-electron chi connectivity index (χ0n) is 15.4. The minimum absolute atomic E-state index is 0.122. The maximum absolute atomic E-state index is 12.7. The number of carbonyl (C=O) groups is 1. The summed E-state index contributed by atoms with van der Waals surface area (Å²) in [5, 5.41) is 1.29. The first kappa shape index (κ1) is 18.1. The average molecular weight is 391 g/mol. The van der Waals surface area contributed by atoms with E-state index in [-0.39, 0.29) is 12.2 Å². The van der Waals surface area contributed by atoms with E-state index in [2.05, 4.69) is 15.0 Å². The van der Waals surface area contributed by atoms with Crippen LogP contribution in [-0.2, 0) is 11.3 Å².